The van der Waals surface area contributed by atoms with E-state index in [0.717, 1.165) is 30.2 Å². The van der Waals surface area contributed by atoms with Crippen LogP contribution in [-0.4, -0.2) is 37.4 Å². The summed E-state index contributed by atoms with van der Waals surface area (Å²) in [6, 6.07) is 9.97. The molecule has 0 bridgehead atoms. The molecule has 27 heavy (non-hydrogen) atoms. The second-order valence-electron chi connectivity index (χ2n) is 6.96. The summed E-state index contributed by atoms with van der Waals surface area (Å²) in [6.07, 6.45) is 2.46. The number of hydrogen-bond acceptors (Lipinski definition) is 5. The number of amides is 2. The van der Waals surface area contributed by atoms with Crippen molar-refractivity contribution in [3.63, 3.8) is 0 Å². The van der Waals surface area contributed by atoms with E-state index in [9.17, 15) is 4.79 Å². The topological polar surface area (TPSA) is 62.8 Å². The molecule has 2 N–H and O–H groups in total. The van der Waals surface area contributed by atoms with Gasteiger partial charge in [0.25, 0.3) is 0 Å². The summed E-state index contributed by atoms with van der Waals surface area (Å²) in [4.78, 5) is 16.2. The number of ether oxygens (including phenoxy) is 2. The van der Waals surface area contributed by atoms with E-state index in [0.29, 0.717) is 6.54 Å². The van der Waals surface area contributed by atoms with E-state index in [1.807, 2.05) is 25.1 Å². The van der Waals surface area contributed by atoms with Crippen LogP contribution in [0.4, 0.5) is 4.79 Å². The number of carbonyl (C=O) groups excluding carboxylic acids is 1. The predicted molar refractivity (Wildman–Crippen MR) is 105 cm³/mol. The average molecular weight is 388 g/mol. The van der Waals surface area contributed by atoms with Crippen LogP contribution in [0.1, 0.15) is 42.3 Å². The van der Waals surface area contributed by atoms with Crippen LogP contribution in [0.3, 0.4) is 0 Å². The molecule has 2 amide bonds. The fourth-order valence-electron chi connectivity index (χ4n) is 3.65. The van der Waals surface area contributed by atoms with Crippen LogP contribution < -0.4 is 20.1 Å². The lowest BCUT2D eigenvalue weighted by molar-refractivity contribution is 0.174. The van der Waals surface area contributed by atoms with E-state index in [4.69, 9.17) is 9.47 Å². The van der Waals surface area contributed by atoms with Crippen LogP contribution in [0, 0.1) is 0 Å². The molecule has 1 aromatic heterocycles. The Kier molecular flexibility index (Phi) is 5.50. The van der Waals surface area contributed by atoms with Gasteiger partial charge in [0, 0.05) is 11.4 Å². The molecule has 0 spiro atoms. The van der Waals surface area contributed by atoms with Gasteiger partial charge in [-0.15, -0.1) is 11.3 Å². The summed E-state index contributed by atoms with van der Waals surface area (Å²) < 4.78 is 10.8. The second-order valence-corrected chi connectivity index (χ2v) is 7.94. The number of benzene rings is 1. The highest BCUT2D eigenvalue weighted by Crippen LogP contribution is 2.34. The van der Waals surface area contributed by atoms with Crippen LogP contribution in [0.2, 0.25) is 0 Å². The van der Waals surface area contributed by atoms with Gasteiger partial charge in [0.05, 0.1) is 12.1 Å². The molecule has 4 rings (SSSR count). The number of hydrogen-bond donors (Lipinski definition) is 2. The number of fused-ring (bicyclic) bond motifs is 1. The van der Waals surface area contributed by atoms with Crippen LogP contribution in [0.5, 0.6) is 11.5 Å². The summed E-state index contributed by atoms with van der Waals surface area (Å²) >= 11 is 1.75. The first-order chi connectivity index (χ1) is 13.2. The fourth-order valence-corrected chi connectivity index (χ4v) is 4.51. The number of carbonyl (C=O) groups is 1. The maximum absolute atomic E-state index is 12.5. The zero-order valence-corrected chi connectivity index (χ0v) is 16.3. The van der Waals surface area contributed by atoms with Gasteiger partial charge in [-0.2, -0.15) is 0 Å². The van der Waals surface area contributed by atoms with Crippen LogP contribution >= 0.6 is 11.3 Å². The van der Waals surface area contributed by atoms with Crippen molar-refractivity contribution >= 4 is 17.4 Å². The summed E-state index contributed by atoms with van der Waals surface area (Å²) in [5.41, 5.74) is 0.990. The molecule has 2 aliphatic rings. The smallest absolute Gasteiger partial charge is 0.315 e. The van der Waals surface area contributed by atoms with E-state index in [-0.39, 0.29) is 24.9 Å². The van der Waals surface area contributed by atoms with Gasteiger partial charge in [0.15, 0.2) is 11.5 Å². The third kappa shape index (κ3) is 4.20. The fraction of sp³-hybridized carbons (Fsp3) is 0.450. The number of nitrogens with zero attached hydrogens (tertiary/aromatic N) is 1. The Morgan fingerprint density at radius 2 is 2.04 bits per heavy atom. The molecule has 1 fully saturated rings. The first-order valence-electron chi connectivity index (χ1n) is 9.42. The maximum Gasteiger partial charge on any atom is 0.315 e. The quantitative estimate of drug-likeness (QED) is 0.794. The SMILES string of the molecule is CC(NC(=O)NCC(c1cccs1)N1CCCC1)c1ccc2c(c1)OCO2. The third-order valence-corrected chi connectivity index (χ3v) is 6.13. The zero-order valence-electron chi connectivity index (χ0n) is 15.4. The molecule has 1 saturated heterocycles. The molecule has 0 radical (unpaired) electrons. The van der Waals surface area contributed by atoms with Gasteiger partial charge in [0.1, 0.15) is 0 Å². The number of nitrogens with one attached hydrogen (secondary N) is 2. The number of likely N-dealkylation sites (tertiary alicyclic amines) is 1. The van der Waals surface area contributed by atoms with Crippen LogP contribution in [-0.2, 0) is 0 Å². The molecule has 0 saturated carbocycles. The van der Waals surface area contributed by atoms with E-state index in [1.165, 1.54) is 17.7 Å². The summed E-state index contributed by atoms with van der Waals surface area (Å²) in [7, 11) is 0. The maximum atomic E-state index is 12.5. The monoisotopic (exact) mass is 387 g/mol. The standard InChI is InChI=1S/C20H25N3O3S/c1-14(15-6-7-17-18(11-15)26-13-25-17)22-20(24)21-12-16(19-5-4-10-27-19)23-8-2-3-9-23/h4-7,10-11,14,16H,2-3,8-9,12-13H2,1H3,(H2,21,22,24). The van der Waals surface area contributed by atoms with Gasteiger partial charge in [-0.05, 0) is 62.0 Å². The molecule has 3 heterocycles. The minimum atomic E-state index is -0.152. The first-order valence-corrected chi connectivity index (χ1v) is 10.3. The Morgan fingerprint density at radius 3 is 2.81 bits per heavy atom. The average Bonchev–Trinajstić information content (AvgIpc) is 3.43. The van der Waals surface area contributed by atoms with Crippen molar-refractivity contribution in [2.75, 3.05) is 26.4 Å². The van der Waals surface area contributed by atoms with Crippen molar-refractivity contribution in [3.05, 3.63) is 46.2 Å². The Hall–Kier alpha value is -2.25. The Labute approximate surface area is 163 Å². The summed E-state index contributed by atoms with van der Waals surface area (Å²) in [5, 5.41) is 8.17. The minimum absolute atomic E-state index is 0.119. The molecule has 2 aliphatic heterocycles. The van der Waals surface area contributed by atoms with Gasteiger partial charge in [-0.3, -0.25) is 4.90 Å². The molecule has 144 valence electrons. The predicted octanol–water partition coefficient (Wildman–Crippen LogP) is 3.67. The van der Waals surface area contributed by atoms with E-state index in [2.05, 4.69) is 33.0 Å². The third-order valence-electron chi connectivity index (χ3n) is 5.15. The molecule has 1 aromatic carbocycles. The summed E-state index contributed by atoms with van der Waals surface area (Å²) in [6.45, 7) is 5.02. The zero-order chi connectivity index (χ0) is 18.6. The molecule has 2 aromatic rings. The first kappa shape index (κ1) is 18.1. The lowest BCUT2D eigenvalue weighted by atomic mass is 10.1. The molecular formula is C20H25N3O3S. The molecule has 2 atom stereocenters. The lowest BCUT2D eigenvalue weighted by Gasteiger charge is -2.27. The van der Waals surface area contributed by atoms with Crippen molar-refractivity contribution in [2.24, 2.45) is 0 Å². The largest absolute Gasteiger partial charge is 0.454 e. The lowest BCUT2D eigenvalue weighted by Crippen LogP contribution is -2.42. The van der Waals surface area contributed by atoms with Crippen molar-refractivity contribution in [1.29, 1.82) is 0 Å². The van der Waals surface area contributed by atoms with E-state index >= 15 is 0 Å². The molecule has 7 heteroatoms. The normalized spacial score (nSPS) is 18.3. The van der Waals surface area contributed by atoms with Gasteiger partial charge in [-0.25, -0.2) is 4.79 Å². The molecule has 2 unspecified atom stereocenters. The van der Waals surface area contributed by atoms with E-state index < -0.39 is 0 Å². The Balaban J connectivity index is 1.34. The summed E-state index contributed by atoms with van der Waals surface area (Å²) in [5.74, 6) is 1.48. The van der Waals surface area contributed by atoms with Gasteiger partial charge >= 0.3 is 6.03 Å². The highest BCUT2D eigenvalue weighted by molar-refractivity contribution is 7.10. The van der Waals surface area contributed by atoms with Crippen LogP contribution in [0.25, 0.3) is 0 Å². The van der Waals surface area contributed by atoms with Gasteiger partial charge in [0.2, 0.25) is 6.79 Å². The molecule has 0 aliphatic carbocycles. The highest BCUT2D eigenvalue weighted by Gasteiger charge is 2.25. The van der Waals surface area contributed by atoms with Crippen molar-refractivity contribution in [2.45, 2.75) is 31.8 Å². The highest BCUT2D eigenvalue weighted by atomic mass is 32.1. The number of thiophene rings is 1. The van der Waals surface area contributed by atoms with Gasteiger partial charge < -0.3 is 20.1 Å². The number of rotatable bonds is 6. The number of urea groups is 1. The molecule has 6 nitrogen and oxygen atoms in total. The minimum Gasteiger partial charge on any atom is -0.454 e. The van der Waals surface area contributed by atoms with E-state index in [1.54, 1.807) is 11.3 Å². The van der Waals surface area contributed by atoms with Crippen LogP contribution in [0.15, 0.2) is 35.7 Å². The van der Waals surface area contributed by atoms with Crippen molar-refractivity contribution in [3.8, 4) is 11.5 Å². The Bertz CT molecular complexity index is 775. The second kappa shape index (κ2) is 8.19. The van der Waals surface area contributed by atoms with Crippen molar-refractivity contribution < 1.29 is 14.3 Å². The van der Waals surface area contributed by atoms with Crippen molar-refractivity contribution in [1.82, 2.24) is 15.5 Å². The molecular weight excluding hydrogens is 362 g/mol. The van der Waals surface area contributed by atoms with Gasteiger partial charge in [-0.1, -0.05) is 12.1 Å². The Morgan fingerprint density at radius 1 is 1.22 bits per heavy atom.